The summed E-state index contributed by atoms with van der Waals surface area (Å²) < 4.78 is 16.4. The minimum absolute atomic E-state index is 0.280. The number of fused-ring (bicyclic) bond motifs is 3. The van der Waals surface area contributed by atoms with Crippen LogP contribution in [0.4, 0.5) is 4.79 Å². The SMILES string of the molecule is CCOC(=O)N1CCc2c([nH]c3ccc(Cl)cc23)C1c1ccc(OCN(C)CCOC)cc1. The maximum atomic E-state index is 12.8. The fourth-order valence-corrected chi connectivity index (χ4v) is 4.43. The van der Waals surface area contributed by atoms with Crippen molar-refractivity contribution in [2.75, 3.05) is 47.2 Å². The van der Waals surface area contributed by atoms with E-state index in [0.29, 0.717) is 31.5 Å². The number of methoxy groups -OCH3 is 1. The first-order valence-corrected chi connectivity index (χ1v) is 11.5. The van der Waals surface area contributed by atoms with E-state index in [-0.39, 0.29) is 12.1 Å². The molecule has 8 heteroatoms. The van der Waals surface area contributed by atoms with Gasteiger partial charge in [-0.05, 0) is 61.9 Å². The molecule has 7 nitrogen and oxygen atoms in total. The lowest BCUT2D eigenvalue weighted by atomic mass is 9.92. The van der Waals surface area contributed by atoms with E-state index in [4.69, 9.17) is 25.8 Å². The average molecular weight is 472 g/mol. The number of aromatic amines is 1. The Hall–Kier alpha value is -2.74. The fourth-order valence-electron chi connectivity index (χ4n) is 4.25. The van der Waals surface area contributed by atoms with Crippen LogP contribution < -0.4 is 4.74 Å². The summed E-state index contributed by atoms with van der Waals surface area (Å²) in [5.74, 6) is 0.769. The molecule has 1 amide bonds. The Morgan fingerprint density at radius 2 is 2.03 bits per heavy atom. The summed E-state index contributed by atoms with van der Waals surface area (Å²) in [4.78, 5) is 20.2. The monoisotopic (exact) mass is 471 g/mol. The number of amides is 1. The molecule has 1 unspecified atom stereocenters. The van der Waals surface area contributed by atoms with Crippen molar-refractivity contribution in [1.29, 1.82) is 0 Å². The van der Waals surface area contributed by atoms with Crippen molar-refractivity contribution in [3.8, 4) is 5.75 Å². The molecule has 3 aromatic rings. The summed E-state index contributed by atoms with van der Waals surface area (Å²) in [5, 5.41) is 1.80. The van der Waals surface area contributed by atoms with Crippen molar-refractivity contribution in [3.63, 3.8) is 0 Å². The van der Waals surface area contributed by atoms with Gasteiger partial charge in [0.2, 0.25) is 0 Å². The maximum absolute atomic E-state index is 12.8. The van der Waals surface area contributed by atoms with Crippen molar-refractivity contribution < 1.29 is 19.0 Å². The Kier molecular flexibility index (Phi) is 7.42. The predicted molar refractivity (Wildman–Crippen MR) is 129 cm³/mol. The minimum Gasteiger partial charge on any atom is -0.478 e. The van der Waals surface area contributed by atoms with Crippen LogP contribution in [0.2, 0.25) is 5.02 Å². The second-order valence-electron chi connectivity index (χ2n) is 8.17. The van der Waals surface area contributed by atoms with Gasteiger partial charge in [-0.25, -0.2) is 4.79 Å². The summed E-state index contributed by atoms with van der Waals surface area (Å²) in [6.07, 6.45) is 0.421. The van der Waals surface area contributed by atoms with Crippen LogP contribution in [-0.4, -0.2) is 68.1 Å². The Morgan fingerprint density at radius 1 is 1.24 bits per heavy atom. The number of hydrogen-bond donors (Lipinski definition) is 1. The predicted octanol–water partition coefficient (Wildman–Crippen LogP) is 4.84. The molecular weight excluding hydrogens is 442 g/mol. The van der Waals surface area contributed by atoms with E-state index in [1.54, 1.807) is 12.0 Å². The Morgan fingerprint density at radius 3 is 2.76 bits per heavy atom. The van der Waals surface area contributed by atoms with Crippen molar-refractivity contribution in [3.05, 3.63) is 64.3 Å². The quantitative estimate of drug-likeness (QED) is 0.476. The highest BCUT2D eigenvalue weighted by Crippen LogP contribution is 2.39. The highest BCUT2D eigenvalue weighted by molar-refractivity contribution is 6.31. The summed E-state index contributed by atoms with van der Waals surface area (Å²) in [7, 11) is 3.67. The Labute approximate surface area is 199 Å². The first kappa shape index (κ1) is 23.4. The van der Waals surface area contributed by atoms with Crippen molar-refractivity contribution in [1.82, 2.24) is 14.8 Å². The summed E-state index contributed by atoms with van der Waals surface area (Å²) >= 11 is 6.27. The molecule has 4 rings (SSSR count). The van der Waals surface area contributed by atoms with Crippen molar-refractivity contribution in [2.24, 2.45) is 0 Å². The molecule has 1 aromatic heterocycles. The molecule has 0 fully saturated rings. The second kappa shape index (κ2) is 10.5. The highest BCUT2D eigenvalue weighted by Gasteiger charge is 2.35. The third-order valence-corrected chi connectivity index (χ3v) is 6.15. The van der Waals surface area contributed by atoms with Crippen LogP contribution in [0.3, 0.4) is 0 Å². The molecule has 0 aliphatic carbocycles. The van der Waals surface area contributed by atoms with E-state index in [9.17, 15) is 4.79 Å². The molecule has 0 spiro atoms. The minimum atomic E-state index is -0.315. The number of aromatic nitrogens is 1. The van der Waals surface area contributed by atoms with Gasteiger partial charge >= 0.3 is 6.09 Å². The van der Waals surface area contributed by atoms with Gasteiger partial charge in [-0.1, -0.05) is 23.7 Å². The largest absolute Gasteiger partial charge is 0.478 e. The van der Waals surface area contributed by atoms with Crippen LogP contribution in [0, 0.1) is 0 Å². The molecule has 1 aliphatic rings. The highest BCUT2D eigenvalue weighted by atomic mass is 35.5. The lowest BCUT2D eigenvalue weighted by Crippen LogP contribution is -2.40. The molecule has 1 aliphatic heterocycles. The van der Waals surface area contributed by atoms with Gasteiger partial charge in [-0.2, -0.15) is 0 Å². The van der Waals surface area contributed by atoms with Crippen molar-refractivity contribution in [2.45, 2.75) is 19.4 Å². The number of benzene rings is 2. The molecule has 1 atom stereocenters. The number of carbonyl (C=O) groups is 1. The van der Waals surface area contributed by atoms with Gasteiger partial charge < -0.3 is 19.2 Å². The number of carbonyl (C=O) groups excluding carboxylic acids is 1. The van der Waals surface area contributed by atoms with Gasteiger partial charge in [0, 0.05) is 41.8 Å². The third kappa shape index (κ3) is 5.11. The first-order valence-electron chi connectivity index (χ1n) is 11.2. The number of nitrogens with one attached hydrogen (secondary N) is 1. The standard InChI is InChI=1S/C25H30ClN3O4/c1-4-32-25(30)29-12-11-20-21-15-18(26)7-10-22(21)27-23(20)24(29)17-5-8-19(9-6-17)33-16-28(2)13-14-31-3/h5-10,15,24,27H,4,11-14,16H2,1-3H3. The van der Waals surface area contributed by atoms with Gasteiger partial charge in [0.05, 0.1) is 13.2 Å². The van der Waals surface area contributed by atoms with E-state index in [1.807, 2.05) is 61.3 Å². The molecular formula is C25H30ClN3O4. The first-order chi connectivity index (χ1) is 16.0. The zero-order chi connectivity index (χ0) is 23.4. The maximum Gasteiger partial charge on any atom is 0.410 e. The Bertz CT molecular complexity index is 1100. The van der Waals surface area contributed by atoms with Crippen LogP contribution in [-0.2, 0) is 15.9 Å². The molecule has 1 N–H and O–H groups in total. The number of likely N-dealkylation sites (N-methyl/N-ethyl adjacent to an activating group) is 1. The summed E-state index contributed by atoms with van der Waals surface area (Å²) in [6, 6.07) is 13.5. The van der Waals surface area contributed by atoms with E-state index in [0.717, 1.165) is 40.9 Å². The van der Waals surface area contributed by atoms with Crippen LogP contribution in [0.5, 0.6) is 5.75 Å². The number of rotatable bonds is 8. The van der Waals surface area contributed by atoms with E-state index < -0.39 is 0 Å². The molecule has 0 bridgehead atoms. The Balaban J connectivity index is 1.63. The normalized spacial score (nSPS) is 15.7. The van der Waals surface area contributed by atoms with Gasteiger partial charge in [0.25, 0.3) is 0 Å². The number of H-pyrrole nitrogens is 1. The molecule has 2 heterocycles. The smallest absolute Gasteiger partial charge is 0.410 e. The summed E-state index contributed by atoms with van der Waals surface area (Å²) in [6.45, 7) is 4.64. The molecule has 0 radical (unpaired) electrons. The van der Waals surface area contributed by atoms with E-state index in [2.05, 4.69) is 4.98 Å². The van der Waals surface area contributed by atoms with E-state index in [1.165, 1.54) is 5.56 Å². The van der Waals surface area contributed by atoms with Crippen LogP contribution in [0.1, 0.15) is 29.8 Å². The van der Waals surface area contributed by atoms with Crippen molar-refractivity contribution >= 4 is 28.6 Å². The second-order valence-corrected chi connectivity index (χ2v) is 8.60. The molecule has 176 valence electrons. The topological polar surface area (TPSA) is 67.0 Å². The fraction of sp³-hybridized carbons (Fsp3) is 0.400. The van der Waals surface area contributed by atoms with Gasteiger partial charge in [-0.15, -0.1) is 0 Å². The lowest BCUT2D eigenvalue weighted by Gasteiger charge is -2.35. The van der Waals surface area contributed by atoms with Crippen LogP contribution in [0.15, 0.2) is 42.5 Å². The summed E-state index contributed by atoms with van der Waals surface area (Å²) in [5.41, 5.74) is 4.19. The van der Waals surface area contributed by atoms with Crippen LogP contribution >= 0.6 is 11.6 Å². The molecule has 2 aromatic carbocycles. The van der Waals surface area contributed by atoms with E-state index >= 15 is 0 Å². The zero-order valence-electron chi connectivity index (χ0n) is 19.3. The van der Waals surface area contributed by atoms with Gasteiger partial charge in [-0.3, -0.25) is 9.80 Å². The molecule has 0 saturated carbocycles. The third-order valence-electron chi connectivity index (χ3n) is 5.92. The van der Waals surface area contributed by atoms with Gasteiger partial charge in [0.15, 0.2) is 0 Å². The average Bonchev–Trinajstić information content (AvgIpc) is 3.19. The zero-order valence-corrected chi connectivity index (χ0v) is 20.0. The number of nitrogens with zero attached hydrogens (tertiary/aromatic N) is 2. The number of ether oxygens (including phenoxy) is 3. The number of halogens is 1. The lowest BCUT2D eigenvalue weighted by molar-refractivity contribution is 0.0931. The molecule has 33 heavy (non-hydrogen) atoms. The molecule has 0 saturated heterocycles. The van der Waals surface area contributed by atoms with Gasteiger partial charge in [0.1, 0.15) is 18.5 Å². The number of hydrogen-bond acceptors (Lipinski definition) is 5. The van der Waals surface area contributed by atoms with Crippen LogP contribution in [0.25, 0.3) is 10.9 Å².